The Kier molecular flexibility index (Phi) is 7.20. The zero-order valence-corrected chi connectivity index (χ0v) is 17.5. The van der Waals surface area contributed by atoms with Gasteiger partial charge in [-0.3, -0.25) is 0 Å². The lowest BCUT2D eigenvalue weighted by molar-refractivity contribution is -0.227. The van der Waals surface area contributed by atoms with E-state index >= 15 is 0 Å². The van der Waals surface area contributed by atoms with Gasteiger partial charge < -0.3 is 18.9 Å². The van der Waals surface area contributed by atoms with Gasteiger partial charge >= 0.3 is 0 Å². The van der Waals surface area contributed by atoms with Gasteiger partial charge in [-0.2, -0.15) is 0 Å². The van der Waals surface area contributed by atoms with E-state index in [1.54, 1.807) is 10.9 Å². The van der Waals surface area contributed by atoms with Crippen LogP contribution in [0.5, 0.6) is 5.75 Å². The number of aromatic nitrogens is 4. The van der Waals surface area contributed by atoms with Crippen molar-refractivity contribution in [3.63, 3.8) is 0 Å². The molecule has 1 aliphatic rings. The fourth-order valence-electron chi connectivity index (χ4n) is 2.74. The predicted molar refractivity (Wildman–Crippen MR) is 107 cm³/mol. The van der Waals surface area contributed by atoms with Crippen LogP contribution in [0.1, 0.15) is 33.3 Å². The molecule has 0 saturated carbocycles. The monoisotopic (exact) mass is 400 g/mol. The summed E-state index contributed by atoms with van der Waals surface area (Å²) >= 11 is 0. The minimum absolute atomic E-state index is 0.0354. The Labute approximate surface area is 171 Å². The molecule has 156 valence electrons. The molecule has 0 aliphatic carbocycles. The van der Waals surface area contributed by atoms with E-state index in [0.29, 0.717) is 56.7 Å². The molecule has 0 spiro atoms. The molecule has 8 nitrogen and oxygen atoms in total. The second-order valence-corrected chi connectivity index (χ2v) is 7.48. The number of rotatable bonds is 7. The van der Waals surface area contributed by atoms with Gasteiger partial charge in [-0.1, -0.05) is 30.9 Å². The molecule has 0 radical (unpaired) electrons. The van der Waals surface area contributed by atoms with Gasteiger partial charge in [0.05, 0.1) is 32.6 Å². The molecule has 2 aromatic rings. The van der Waals surface area contributed by atoms with E-state index in [2.05, 4.69) is 41.0 Å². The summed E-state index contributed by atoms with van der Waals surface area (Å²) in [6, 6.07) is 1.86. The molecule has 1 aliphatic heterocycles. The van der Waals surface area contributed by atoms with E-state index in [4.69, 9.17) is 18.9 Å². The molecular weight excluding hydrogens is 372 g/mol. The Morgan fingerprint density at radius 3 is 2.76 bits per heavy atom. The van der Waals surface area contributed by atoms with Crippen LogP contribution in [-0.4, -0.2) is 59.3 Å². The van der Waals surface area contributed by atoms with Gasteiger partial charge in [-0.15, -0.1) is 5.10 Å². The Balaban J connectivity index is 1.71. The van der Waals surface area contributed by atoms with E-state index in [0.717, 1.165) is 5.56 Å². The average Bonchev–Trinajstić information content (AvgIpc) is 3.16. The van der Waals surface area contributed by atoms with Gasteiger partial charge in [0.25, 0.3) is 0 Å². The third-order valence-electron chi connectivity index (χ3n) is 4.20. The average molecular weight is 400 g/mol. The third-order valence-corrected chi connectivity index (χ3v) is 4.20. The lowest BCUT2D eigenvalue weighted by Crippen LogP contribution is -2.39. The molecule has 1 saturated heterocycles. The maximum atomic E-state index is 5.77. The molecule has 1 fully saturated rings. The fraction of sp³-hybridized carbons (Fsp3) is 0.571. The summed E-state index contributed by atoms with van der Waals surface area (Å²) in [5.41, 5.74) is 2.04. The Bertz CT molecular complexity index is 859. The van der Waals surface area contributed by atoms with Crippen LogP contribution in [0.15, 0.2) is 18.5 Å². The van der Waals surface area contributed by atoms with Gasteiger partial charge in [0.15, 0.2) is 6.29 Å². The topological polar surface area (TPSA) is 80.5 Å². The SMILES string of the molecule is CCOCC#Cc1cnc(-c2cn(CC3OCC(C)(C)CO3)nn2)c(OCC)c1. The maximum Gasteiger partial charge on any atom is 0.177 e. The van der Waals surface area contributed by atoms with Gasteiger partial charge in [0, 0.05) is 23.8 Å². The van der Waals surface area contributed by atoms with Crippen LogP contribution in [0.2, 0.25) is 0 Å². The summed E-state index contributed by atoms with van der Waals surface area (Å²) in [5, 5.41) is 8.43. The van der Waals surface area contributed by atoms with Crippen molar-refractivity contribution in [2.75, 3.05) is 33.0 Å². The van der Waals surface area contributed by atoms with Crippen molar-refractivity contribution in [3.05, 3.63) is 24.0 Å². The Morgan fingerprint density at radius 2 is 2.03 bits per heavy atom. The first-order chi connectivity index (χ1) is 14.0. The van der Waals surface area contributed by atoms with Crippen LogP contribution in [0.3, 0.4) is 0 Å². The molecule has 8 heteroatoms. The molecule has 2 aromatic heterocycles. The number of ether oxygens (including phenoxy) is 4. The first-order valence-electron chi connectivity index (χ1n) is 9.84. The van der Waals surface area contributed by atoms with Gasteiger partial charge in [-0.25, -0.2) is 9.67 Å². The number of hydrogen-bond donors (Lipinski definition) is 0. The molecule has 29 heavy (non-hydrogen) atoms. The first-order valence-corrected chi connectivity index (χ1v) is 9.84. The molecule has 0 amide bonds. The van der Waals surface area contributed by atoms with Crippen LogP contribution < -0.4 is 4.74 Å². The van der Waals surface area contributed by atoms with E-state index in [1.807, 2.05) is 26.1 Å². The summed E-state index contributed by atoms with van der Waals surface area (Å²) in [4.78, 5) is 4.50. The zero-order valence-electron chi connectivity index (χ0n) is 17.5. The highest BCUT2D eigenvalue weighted by Crippen LogP contribution is 2.28. The van der Waals surface area contributed by atoms with Gasteiger partial charge in [0.1, 0.15) is 23.7 Å². The third kappa shape index (κ3) is 6.00. The summed E-state index contributed by atoms with van der Waals surface area (Å²) in [6.45, 7) is 11.4. The van der Waals surface area contributed by atoms with Crippen LogP contribution in [0, 0.1) is 17.3 Å². The van der Waals surface area contributed by atoms with Crippen molar-refractivity contribution in [1.29, 1.82) is 0 Å². The lowest BCUT2D eigenvalue weighted by Gasteiger charge is -2.34. The van der Waals surface area contributed by atoms with Crippen molar-refractivity contribution in [2.45, 2.75) is 40.5 Å². The van der Waals surface area contributed by atoms with E-state index in [1.165, 1.54) is 0 Å². The van der Waals surface area contributed by atoms with Crippen LogP contribution >= 0.6 is 0 Å². The highest BCUT2D eigenvalue weighted by atomic mass is 16.7. The van der Waals surface area contributed by atoms with E-state index in [-0.39, 0.29) is 11.7 Å². The molecule has 3 rings (SSSR count). The van der Waals surface area contributed by atoms with Crippen molar-refractivity contribution in [2.24, 2.45) is 5.41 Å². The van der Waals surface area contributed by atoms with Crippen molar-refractivity contribution >= 4 is 0 Å². The normalized spacial score (nSPS) is 16.3. The molecular formula is C21H28N4O4. The smallest absolute Gasteiger partial charge is 0.177 e. The van der Waals surface area contributed by atoms with Crippen molar-refractivity contribution in [1.82, 2.24) is 20.0 Å². The second kappa shape index (κ2) is 9.83. The predicted octanol–water partition coefficient (Wildman–Crippen LogP) is 2.53. The largest absolute Gasteiger partial charge is 0.491 e. The lowest BCUT2D eigenvalue weighted by atomic mass is 9.96. The molecule has 0 aromatic carbocycles. The highest BCUT2D eigenvalue weighted by Gasteiger charge is 2.28. The summed E-state index contributed by atoms with van der Waals surface area (Å²) in [5.74, 6) is 6.61. The molecule has 0 bridgehead atoms. The van der Waals surface area contributed by atoms with Gasteiger partial charge in [-0.05, 0) is 19.9 Å². The minimum atomic E-state index is -0.333. The van der Waals surface area contributed by atoms with Crippen LogP contribution in [0.4, 0.5) is 0 Å². The second-order valence-electron chi connectivity index (χ2n) is 7.48. The van der Waals surface area contributed by atoms with Crippen molar-refractivity contribution < 1.29 is 18.9 Å². The summed E-state index contributed by atoms with van der Waals surface area (Å²) in [6.07, 6.45) is 3.18. The van der Waals surface area contributed by atoms with Gasteiger partial charge in [0.2, 0.25) is 0 Å². The van der Waals surface area contributed by atoms with E-state index < -0.39 is 0 Å². The molecule has 0 N–H and O–H groups in total. The minimum Gasteiger partial charge on any atom is -0.491 e. The molecule has 0 unspecified atom stereocenters. The summed E-state index contributed by atoms with van der Waals surface area (Å²) < 4.78 is 24.2. The summed E-state index contributed by atoms with van der Waals surface area (Å²) in [7, 11) is 0. The van der Waals surface area contributed by atoms with E-state index in [9.17, 15) is 0 Å². The number of pyridine rings is 1. The van der Waals surface area contributed by atoms with Crippen LogP contribution in [-0.2, 0) is 20.8 Å². The van der Waals surface area contributed by atoms with Crippen molar-refractivity contribution in [3.8, 4) is 29.0 Å². The number of nitrogens with zero attached hydrogens (tertiary/aromatic N) is 4. The highest BCUT2D eigenvalue weighted by molar-refractivity contribution is 5.63. The standard InChI is InChI=1S/C21H28N4O4/c1-5-26-9-7-8-16-10-18(27-6-2)20(22-11-16)17-12-25(24-23-17)13-19-28-14-21(3,4)15-29-19/h10-12,19H,5-6,9,13-15H2,1-4H3. The van der Waals surface area contributed by atoms with Crippen LogP contribution in [0.25, 0.3) is 11.4 Å². The molecule has 3 heterocycles. The Morgan fingerprint density at radius 1 is 1.24 bits per heavy atom. The maximum absolute atomic E-state index is 5.77. The quantitative estimate of drug-likeness (QED) is 0.522. The Hall–Kier alpha value is -2.47. The number of hydrogen-bond acceptors (Lipinski definition) is 7. The fourth-order valence-corrected chi connectivity index (χ4v) is 2.74. The zero-order chi connectivity index (χ0) is 20.7. The molecule has 0 atom stereocenters. The first kappa shape index (κ1) is 21.2.